The lowest BCUT2D eigenvalue weighted by atomic mass is 10.0. The van der Waals surface area contributed by atoms with Crippen molar-refractivity contribution in [2.24, 2.45) is 0 Å². The highest BCUT2D eigenvalue weighted by molar-refractivity contribution is 5.79. The van der Waals surface area contributed by atoms with Gasteiger partial charge in [0.05, 0.1) is 19.6 Å². The zero-order chi connectivity index (χ0) is 16.8. The zero-order valence-corrected chi connectivity index (χ0v) is 14.1. The van der Waals surface area contributed by atoms with Crippen LogP contribution in [0.15, 0.2) is 48.8 Å². The zero-order valence-electron chi connectivity index (χ0n) is 14.1. The van der Waals surface area contributed by atoms with E-state index in [2.05, 4.69) is 9.88 Å². The van der Waals surface area contributed by atoms with Gasteiger partial charge in [0.15, 0.2) is 0 Å². The number of likely N-dealkylation sites (tertiary alicyclic amines) is 1. The summed E-state index contributed by atoms with van der Waals surface area (Å²) in [6.07, 6.45) is 8.52. The molecule has 0 bridgehead atoms. The number of hydrogen-bond acceptors (Lipinski definition) is 3. The van der Waals surface area contributed by atoms with Gasteiger partial charge >= 0.3 is 0 Å². The number of rotatable bonds is 4. The van der Waals surface area contributed by atoms with E-state index < -0.39 is 0 Å². The van der Waals surface area contributed by atoms with Crippen LogP contribution in [0.2, 0.25) is 0 Å². The smallest absolute Gasteiger partial charge is 0.227 e. The van der Waals surface area contributed by atoms with Gasteiger partial charge in [-0.05, 0) is 48.2 Å². The molecule has 1 amide bonds. The molecular formula is C20H24N2O2. The topological polar surface area (TPSA) is 42.4 Å². The number of nitrogens with zero attached hydrogens (tertiary/aromatic N) is 2. The van der Waals surface area contributed by atoms with E-state index in [9.17, 15) is 4.79 Å². The van der Waals surface area contributed by atoms with E-state index in [1.807, 2.05) is 48.8 Å². The van der Waals surface area contributed by atoms with Gasteiger partial charge in [-0.25, -0.2) is 0 Å². The Morgan fingerprint density at radius 1 is 1.12 bits per heavy atom. The van der Waals surface area contributed by atoms with Crippen LogP contribution < -0.4 is 4.74 Å². The third-order valence-electron chi connectivity index (χ3n) is 4.68. The Bertz CT molecular complexity index is 655. The second-order valence-corrected chi connectivity index (χ2v) is 6.26. The molecule has 1 aliphatic heterocycles. The van der Waals surface area contributed by atoms with Crippen LogP contribution in [-0.4, -0.2) is 29.4 Å². The number of benzene rings is 1. The highest BCUT2D eigenvalue weighted by Gasteiger charge is 2.26. The molecule has 1 unspecified atom stereocenters. The maximum absolute atomic E-state index is 12.9. The molecule has 1 saturated heterocycles. The lowest BCUT2D eigenvalue weighted by Crippen LogP contribution is -2.35. The van der Waals surface area contributed by atoms with Gasteiger partial charge in [0.25, 0.3) is 0 Å². The van der Waals surface area contributed by atoms with Crippen LogP contribution in [0.1, 0.15) is 42.9 Å². The maximum Gasteiger partial charge on any atom is 0.227 e. The highest BCUT2D eigenvalue weighted by atomic mass is 16.5. The summed E-state index contributed by atoms with van der Waals surface area (Å²) in [4.78, 5) is 19.1. The molecule has 0 saturated carbocycles. The van der Waals surface area contributed by atoms with Gasteiger partial charge < -0.3 is 9.64 Å². The fourth-order valence-corrected chi connectivity index (χ4v) is 3.36. The molecule has 0 aliphatic carbocycles. The standard InChI is InChI=1S/C20H24N2O2/c1-24-18-8-6-16(7-9-18)15-20(23)22-14-4-2-3-5-19(22)17-10-12-21-13-11-17/h6-13,19H,2-5,14-15H2,1H3. The Balaban J connectivity index is 1.76. The third-order valence-corrected chi connectivity index (χ3v) is 4.68. The van der Waals surface area contributed by atoms with Crippen LogP contribution in [0.25, 0.3) is 0 Å². The van der Waals surface area contributed by atoms with Crippen LogP contribution in [0.5, 0.6) is 5.75 Å². The summed E-state index contributed by atoms with van der Waals surface area (Å²) >= 11 is 0. The molecule has 3 rings (SSSR count). The molecule has 126 valence electrons. The first kappa shape index (κ1) is 16.5. The van der Waals surface area contributed by atoms with Gasteiger partial charge in [0, 0.05) is 18.9 Å². The van der Waals surface area contributed by atoms with Crippen molar-refractivity contribution in [1.82, 2.24) is 9.88 Å². The molecule has 1 aromatic carbocycles. The largest absolute Gasteiger partial charge is 0.497 e. The van der Waals surface area contributed by atoms with Gasteiger partial charge in [0.1, 0.15) is 5.75 Å². The lowest BCUT2D eigenvalue weighted by Gasteiger charge is -2.30. The Morgan fingerprint density at radius 3 is 2.58 bits per heavy atom. The summed E-state index contributed by atoms with van der Waals surface area (Å²) in [7, 11) is 1.65. The quantitative estimate of drug-likeness (QED) is 0.859. The number of ether oxygens (including phenoxy) is 1. The molecule has 1 aliphatic rings. The average Bonchev–Trinajstić information content (AvgIpc) is 2.89. The number of amides is 1. The first-order valence-electron chi connectivity index (χ1n) is 8.60. The Labute approximate surface area is 143 Å². The van der Waals surface area contributed by atoms with Crippen LogP contribution in [0, 0.1) is 0 Å². The molecule has 2 aromatic rings. The van der Waals surface area contributed by atoms with Crippen molar-refractivity contribution < 1.29 is 9.53 Å². The fourth-order valence-electron chi connectivity index (χ4n) is 3.36. The summed E-state index contributed by atoms with van der Waals surface area (Å²) in [5, 5.41) is 0. The molecule has 1 aromatic heterocycles. The highest BCUT2D eigenvalue weighted by Crippen LogP contribution is 2.30. The molecule has 24 heavy (non-hydrogen) atoms. The van der Waals surface area contributed by atoms with Gasteiger partial charge in [-0.3, -0.25) is 9.78 Å². The number of carbonyl (C=O) groups excluding carboxylic acids is 1. The molecule has 1 fully saturated rings. The first-order chi connectivity index (χ1) is 11.8. The summed E-state index contributed by atoms with van der Waals surface area (Å²) in [6.45, 7) is 0.835. The van der Waals surface area contributed by atoms with Crippen LogP contribution >= 0.6 is 0 Å². The summed E-state index contributed by atoms with van der Waals surface area (Å²) < 4.78 is 5.18. The Morgan fingerprint density at radius 2 is 1.88 bits per heavy atom. The van der Waals surface area contributed by atoms with E-state index in [-0.39, 0.29) is 11.9 Å². The molecule has 0 spiro atoms. The first-order valence-corrected chi connectivity index (χ1v) is 8.60. The minimum Gasteiger partial charge on any atom is -0.497 e. The Kier molecular flexibility index (Phi) is 5.47. The summed E-state index contributed by atoms with van der Waals surface area (Å²) in [6, 6.07) is 12.0. The van der Waals surface area contributed by atoms with E-state index in [1.165, 1.54) is 18.4 Å². The van der Waals surface area contributed by atoms with Gasteiger partial charge in [-0.15, -0.1) is 0 Å². The summed E-state index contributed by atoms with van der Waals surface area (Å²) in [5.41, 5.74) is 2.22. The minimum atomic E-state index is 0.168. The van der Waals surface area contributed by atoms with Crippen LogP contribution in [0.3, 0.4) is 0 Å². The number of carbonyl (C=O) groups is 1. The molecule has 1 atom stereocenters. The van der Waals surface area contributed by atoms with E-state index in [1.54, 1.807) is 7.11 Å². The van der Waals surface area contributed by atoms with Crippen molar-refractivity contribution >= 4 is 5.91 Å². The minimum absolute atomic E-state index is 0.168. The maximum atomic E-state index is 12.9. The fraction of sp³-hybridized carbons (Fsp3) is 0.400. The predicted octanol–water partition coefficient (Wildman–Crippen LogP) is 3.78. The molecule has 0 radical (unpaired) electrons. The molecular weight excluding hydrogens is 300 g/mol. The number of pyridine rings is 1. The van der Waals surface area contributed by atoms with Crippen molar-refractivity contribution in [3.8, 4) is 5.75 Å². The Hall–Kier alpha value is -2.36. The van der Waals surface area contributed by atoms with Gasteiger partial charge in [-0.2, -0.15) is 0 Å². The van der Waals surface area contributed by atoms with E-state index in [0.29, 0.717) is 6.42 Å². The van der Waals surface area contributed by atoms with Crippen molar-refractivity contribution in [1.29, 1.82) is 0 Å². The number of hydrogen-bond donors (Lipinski definition) is 0. The second-order valence-electron chi connectivity index (χ2n) is 6.26. The van der Waals surface area contributed by atoms with Gasteiger partial charge in [0.2, 0.25) is 5.91 Å². The van der Waals surface area contributed by atoms with Gasteiger partial charge in [-0.1, -0.05) is 25.0 Å². The van der Waals surface area contributed by atoms with Crippen molar-refractivity contribution in [3.63, 3.8) is 0 Å². The van der Waals surface area contributed by atoms with E-state index in [0.717, 1.165) is 30.7 Å². The second kappa shape index (κ2) is 7.95. The molecule has 2 heterocycles. The van der Waals surface area contributed by atoms with E-state index in [4.69, 9.17) is 4.74 Å². The van der Waals surface area contributed by atoms with Crippen LogP contribution in [-0.2, 0) is 11.2 Å². The van der Waals surface area contributed by atoms with E-state index >= 15 is 0 Å². The van der Waals surface area contributed by atoms with Crippen molar-refractivity contribution in [2.75, 3.05) is 13.7 Å². The molecule has 4 heteroatoms. The monoisotopic (exact) mass is 324 g/mol. The normalized spacial score (nSPS) is 18.0. The van der Waals surface area contributed by atoms with Crippen molar-refractivity contribution in [2.45, 2.75) is 38.1 Å². The lowest BCUT2D eigenvalue weighted by molar-refractivity contribution is -0.132. The third kappa shape index (κ3) is 3.94. The predicted molar refractivity (Wildman–Crippen MR) is 93.9 cm³/mol. The van der Waals surface area contributed by atoms with Crippen molar-refractivity contribution in [3.05, 3.63) is 59.9 Å². The molecule has 4 nitrogen and oxygen atoms in total. The van der Waals surface area contributed by atoms with Crippen LogP contribution in [0.4, 0.5) is 0 Å². The SMILES string of the molecule is COc1ccc(CC(=O)N2CCCCCC2c2ccncc2)cc1. The molecule has 0 N–H and O–H groups in total. The average molecular weight is 324 g/mol. The summed E-state index contributed by atoms with van der Waals surface area (Å²) in [5.74, 6) is 1.01. The number of methoxy groups -OCH3 is 1. The number of aromatic nitrogens is 1.